The van der Waals surface area contributed by atoms with Crippen LogP contribution in [-0.4, -0.2) is 15.7 Å². The van der Waals surface area contributed by atoms with Crippen LogP contribution in [0.3, 0.4) is 0 Å². The van der Waals surface area contributed by atoms with Crippen molar-refractivity contribution in [3.8, 4) is 11.3 Å². The number of hydrogen-bond donors (Lipinski definition) is 0. The molecule has 1 spiro atoms. The zero-order chi connectivity index (χ0) is 24.0. The number of nitrogens with zero attached hydrogens (tertiary/aromatic N) is 2. The van der Waals surface area contributed by atoms with Crippen molar-refractivity contribution < 1.29 is 4.79 Å². The number of carbonyl (C=O) groups excluding carboxylic acids is 1. The molecule has 2 fully saturated rings. The zero-order valence-electron chi connectivity index (χ0n) is 21.4. The van der Waals surface area contributed by atoms with Crippen LogP contribution in [-0.2, 0) is 6.42 Å². The van der Waals surface area contributed by atoms with Crippen LogP contribution in [0.4, 0.5) is 0 Å². The Morgan fingerprint density at radius 2 is 1.56 bits per heavy atom. The molecule has 2 aromatic carbocycles. The molecule has 176 valence electrons. The highest BCUT2D eigenvalue weighted by atomic mass is 16.2. The average molecular weight is 453 g/mol. The summed E-state index contributed by atoms with van der Waals surface area (Å²) in [5.74, 6) is 1.11. The Bertz CT molecular complexity index is 1290. The molecule has 6 rings (SSSR count). The second-order valence-corrected chi connectivity index (χ2v) is 12.6. The van der Waals surface area contributed by atoms with Crippen molar-refractivity contribution in [2.75, 3.05) is 0 Å². The normalized spacial score (nSPS) is 27.9. The van der Waals surface area contributed by atoms with Crippen LogP contribution < -0.4 is 0 Å². The van der Waals surface area contributed by atoms with Gasteiger partial charge in [0, 0.05) is 22.6 Å². The summed E-state index contributed by atoms with van der Waals surface area (Å²) in [6.45, 7) is 14.0. The first-order chi connectivity index (χ1) is 16.0. The SMILES string of the molecule is Cc1ccc(C(=O)n2nc3c(c2-c2ccc(C)cc2)CC(C)(C)C24CCC(C2)C(C)(C)C34)cc1. The van der Waals surface area contributed by atoms with Crippen molar-refractivity contribution >= 4 is 5.91 Å². The molecule has 0 radical (unpaired) electrons. The number of aryl methyl sites for hydroxylation is 2. The smallest absolute Gasteiger partial charge is 0.267 e. The minimum absolute atomic E-state index is 0.0298. The molecule has 1 aromatic heterocycles. The minimum atomic E-state index is -0.0298. The standard InChI is InChI=1S/C31H36N2O/c1-19-7-11-21(12-8-19)26-24-18-29(3,4)31-16-15-23(17-31)30(5,6)27(31)25(24)32-33(26)28(34)22-13-9-20(2)10-14-22/h7-14,23,27H,15-18H2,1-6H3. The van der Waals surface area contributed by atoms with E-state index in [0.29, 0.717) is 11.5 Å². The predicted molar refractivity (Wildman–Crippen MR) is 137 cm³/mol. The highest BCUT2D eigenvalue weighted by molar-refractivity contribution is 5.98. The van der Waals surface area contributed by atoms with E-state index in [1.54, 1.807) is 4.68 Å². The van der Waals surface area contributed by atoms with Gasteiger partial charge in [0.05, 0.1) is 11.4 Å². The molecule has 0 aliphatic heterocycles. The molecule has 3 atom stereocenters. The molecule has 3 aliphatic carbocycles. The van der Waals surface area contributed by atoms with Crippen LogP contribution in [0, 0.1) is 36.0 Å². The summed E-state index contributed by atoms with van der Waals surface area (Å²) in [6.07, 6.45) is 4.90. The first-order valence-corrected chi connectivity index (χ1v) is 12.9. The number of hydrogen-bond acceptors (Lipinski definition) is 2. The Balaban J connectivity index is 1.61. The van der Waals surface area contributed by atoms with Crippen molar-refractivity contribution in [1.82, 2.24) is 9.78 Å². The molecule has 34 heavy (non-hydrogen) atoms. The topological polar surface area (TPSA) is 34.9 Å². The largest absolute Gasteiger partial charge is 0.278 e. The predicted octanol–water partition coefficient (Wildman–Crippen LogP) is 7.35. The van der Waals surface area contributed by atoms with E-state index in [1.165, 1.54) is 36.1 Å². The lowest BCUT2D eigenvalue weighted by Crippen LogP contribution is -2.48. The van der Waals surface area contributed by atoms with E-state index in [1.807, 2.05) is 24.3 Å². The van der Waals surface area contributed by atoms with Crippen LogP contribution in [0.15, 0.2) is 48.5 Å². The zero-order valence-corrected chi connectivity index (χ0v) is 21.4. The minimum Gasteiger partial charge on any atom is -0.267 e. The third-order valence-electron chi connectivity index (χ3n) is 9.97. The van der Waals surface area contributed by atoms with Gasteiger partial charge in [-0.05, 0) is 73.8 Å². The maximum atomic E-state index is 13.9. The third-order valence-corrected chi connectivity index (χ3v) is 9.97. The van der Waals surface area contributed by atoms with E-state index in [2.05, 4.69) is 65.8 Å². The molecule has 3 aromatic rings. The average Bonchev–Trinajstić information content (AvgIpc) is 3.44. The van der Waals surface area contributed by atoms with Crippen molar-refractivity contribution in [2.24, 2.45) is 22.2 Å². The van der Waals surface area contributed by atoms with Gasteiger partial charge >= 0.3 is 0 Å². The quantitative estimate of drug-likeness (QED) is 0.407. The number of benzene rings is 2. The summed E-state index contributed by atoms with van der Waals surface area (Å²) >= 11 is 0. The van der Waals surface area contributed by atoms with Crippen molar-refractivity contribution in [1.29, 1.82) is 0 Å². The molecule has 2 bridgehead atoms. The molecule has 3 heteroatoms. The molecule has 3 aliphatic rings. The van der Waals surface area contributed by atoms with Crippen LogP contribution in [0.25, 0.3) is 11.3 Å². The molecule has 0 saturated heterocycles. The Morgan fingerprint density at radius 3 is 2.21 bits per heavy atom. The van der Waals surface area contributed by atoms with E-state index in [-0.39, 0.29) is 22.2 Å². The van der Waals surface area contributed by atoms with E-state index in [4.69, 9.17) is 5.10 Å². The summed E-state index contributed by atoms with van der Waals surface area (Å²) in [4.78, 5) is 13.9. The molecular weight excluding hydrogens is 416 g/mol. The lowest BCUT2D eigenvalue weighted by Gasteiger charge is -2.55. The summed E-state index contributed by atoms with van der Waals surface area (Å²) in [5.41, 5.74) is 8.31. The molecule has 0 amide bonds. The molecular formula is C31H36N2O. The third kappa shape index (κ3) is 2.76. The van der Waals surface area contributed by atoms with Gasteiger partial charge in [-0.3, -0.25) is 4.79 Å². The number of aromatic nitrogens is 2. The first-order valence-electron chi connectivity index (χ1n) is 12.9. The van der Waals surface area contributed by atoms with Gasteiger partial charge < -0.3 is 0 Å². The number of fused-ring (bicyclic) bond motifs is 3. The molecule has 1 heterocycles. The Kier molecular flexibility index (Phi) is 4.45. The van der Waals surface area contributed by atoms with Crippen LogP contribution in [0.5, 0.6) is 0 Å². The fourth-order valence-electron chi connectivity index (χ4n) is 8.00. The second-order valence-electron chi connectivity index (χ2n) is 12.6. The van der Waals surface area contributed by atoms with E-state index < -0.39 is 0 Å². The lowest BCUT2D eigenvalue weighted by atomic mass is 9.49. The van der Waals surface area contributed by atoms with Gasteiger partial charge in [-0.2, -0.15) is 9.78 Å². The second kappa shape index (κ2) is 6.93. The Morgan fingerprint density at radius 1 is 0.941 bits per heavy atom. The van der Waals surface area contributed by atoms with Gasteiger partial charge in [0.15, 0.2) is 0 Å². The maximum absolute atomic E-state index is 13.9. The van der Waals surface area contributed by atoms with E-state index in [0.717, 1.165) is 29.2 Å². The number of rotatable bonds is 2. The Labute approximate surface area is 203 Å². The molecule has 3 unspecified atom stereocenters. The molecule has 3 nitrogen and oxygen atoms in total. The fourth-order valence-corrected chi connectivity index (χ4v) is 8.00. The Hall–Kier alpha value is -2.68. The summed E-state index contributed by atoms with van der Waals surface area (Å²) in [6, 6.07) is 16.5. The fraction of sp³-hybridized carbons (Fsp3) is 0.484. The first kappa shape index (κ1) is 21.8. The summed E-state index contributed by atoms with van der Waals surface area (Å²) in [7, 11) is 0. The van der Waals surface area contributed by atoms with E-state index in [9.17, 15) is 4.79 Å². The van der Waals surface area contributed by atoms with Crippen molar-refractivity contribution in [2.45, 2.75) is 73.1 Å². The van der Waals surface area contributed by atoms with Gasteiger partial charge in [0.2, 0.25) is 0 Å². The van der Waals surface area contributed by atoms with Gasteiger partial charge in [-0.25, -0.2) is 0 Å². The van der Waals surface area contributed by atoms with Gasteiger partial charge in [-0.1, -0.05) is 75.2 Å². The molecule has 0 N–H and O–H groups in total. The lowest BCUT2D eigenvalue weighted by molar-refractivity contribution is 0.00338. The monoisotopic (exact) mass is 452 g/mol. The van der Waals surface area contributed by atoms with Gasteiger partial charge in [0.25, 0.3) is 5.91 Å². The van der Waals surface area contributed by atoms with Crippen molar-refractivity contribution in [3.05, 3.63) is 76.5 Å². The van der Waals surface area contributed by atoms with Crippen LogP contribution in [0.2, 0.25) is 0 Å². The van der Waals surface area contributed by atoms with Gasteiger partial charge in [-0.15, -0.1) is 0 Å². The highest BCUT2D eigenvalue weighted by Gasteiger charge is 2.69. The van der Waals surface area contributed by atoms with Crippen LogP contribution in [0.1, 0.15) is 85.6 Å². The van der Waals surface area contributed by atoms with E-state index >= 15 is 0 Å². The van der Waals surface area contributed by atoms with Crippen LogP contribution >= 0.6 is 0 Å². The summed E-state index contributed by atoms with van der Waals surface area (Å²) in [5, 5.41) is 5.23. The maximum Gasteiger partial charge on any atom is 0.278 e. The highest BCUT2D eigenvalue weighted by Crippen LogP contribution is 2.77. The van der Waals surface area contributed by atoms with Gasteiger partial charge in [0.1, 0.15) is 0 Å². The summed E-state index contributed by atoms with van der Waals surface area (Å²) < 4.78 is 1.75. The number of carbonyl (C=O) groups is 1. The molecule has 2 saturated carbocycles. The van der Waals surface area contributed by atoms with Crippen molar-refractivity contribution in [3.63, 3.8) is 0 Å².